The minimum atomic E-state index is -1.00. The Morgan fingerprint density at radius 3 is 2.22 bits per heavy atom. The van der Waals surface area contributed by atoms with Gasteiger partial charge in [0.2, 0.25) is 0 Å². The molecule has 0 aliphatic rings. The van der Waals surface area contributed by atoms with Gasteiger partial charge in [-0.2, -0.15) is 0 Å². The van der Waals surface area contributed by atoms with Gasteiger partial charge in [-0.1, -0.05) is 12.1 Å². The van der Waals surface area contributed by atoms with Crippen molar-refractivity contribution in [2.45, 2.75) is 12.8 Å². The molecular weight excluding hydrogens is 409 g/mol. The third-order valence-electron chi connectivity index (χ3n) is 3.15. The molecule has 0 radical (unpaired) electrons. The number of Topliss-reactive ketones (excluding diaryl/α,β-unsaturated/α-hetero) is 1. The van der Waals surface area contributed by atoms with Crippen LogP contribution in [0.1, 0.15) is 33.6 Å². The van der Waals surface area contributed by atoms with Crippen LogP contribution in [0.4, 0.5) is 5.69 Å². The zero-order chi connectivity index (χ0) is 16.8. The van der Waals surface area contributed by atoms with Gasteiger partial charge in [0.05, 0.1) is 12.0 Å². The van der Waals surface area contributed by atoms with E-state index in [4.69, 9.17) is 5.11 Å². The quantitative estimate of drug-likeness (QED) is 0.550. The Hall–Kier alpha value is -2.22. The van der Waals surface area contributed by atoms with Gasteiger partial charge < -0.3 is 10.4 Å². The van der Waals surface area contributed by atoms with Crippen molar-refractivity contribution in [1.29, 1.82) is 0 Å². The lowest BCUT2D eigenvalue weighted by Gasteiger charge is -2.07. The maximum absolute atomic E-state index is 12.2. The van der Waals surface area contributed by atoms with Gasteiger partial charge in [-0.05, 0) is 59.0 Å². The topological polar surface area (TPSA) is 83.5 Å². The van der Waals surface area contributed by atoms with Crippen molar-refractivity contribution in [3.63, 3.8) is 0 Å². The minimum Gasteiger partial charge on any atom is -0.481 e. The molecule has 2 aromatic rings. The van der Waals surface area contributed by atoms with Crippen LogP contribution in [0.3, 0.4) is 0 Å². The van der Waals surface area contributed by atoms with E-state index >= 15 is 0 Å². The van der Waals surface area contributed by atoms with E-state index in [1.807, 2.05) is 12.1 Å². The van der Waals surface area contributed by atoms with Gasteiger partial charge in [0.1, 0.15) is 0 Å². The van der Waals surface area contributed by atoms with Crippen LogP contribution in [-0.2, 0) is 4.79 Å². The lowest BCUT2D eigenvalue weighted by atomic mass is 10.1. The average molecular weight is 423 g/mol. The molecule has 0 spiro atoms. The smallest absolute Gasteiger partial charge is 0.303 e. The average Bonchev–Trinajstić information content (AvgIpc) is 2.53. The number of aliphatic carboxylic acids is 1. The second-order valence-corrected chi connectivity index (χ2v) is 5.99. The van der Waals surface area contributed by atoms with Gasteiger partial charge in [-0.25, -0.2) is 0 Å². The molecule has 0 aromatic heterocycles. The zero-order valence-electron chi connectivity index (χ0n) is 12.1. The van der Waals surface area contributed by atoms with Crippen molar-refractivity contribution >= 4 is 45.9 Å². The molecule has 0 fully saturated rings. The van der Waals surface area contributed by atoms with E-state index in [1.54, 1.807) is 36.4 Å². The molecule has 2 rings (SSSR count). The van der Waals surface area contributed by atoms with Crippen molar-refractivity contribution < 1.29 is 19.5 Å². The van der Waals surface area contributed by atoms with Gasteiger partial charge >= 0.3 is 5.97 Å². The van der Waals surface area contributed by atoms with E-state index in [9.17, 15) is 14.4 Å². The van der Waals surface area contributed by atoms with Crippen LogP contribution in [0.2, 0.25) is 0 Å². The van der Waals surface area contributed by atoms with Crippen LogP contribution < -0.4 is 5.32 Å². The number of carboxylic acid groups (broad SMARTS) is 1. The number of carbonyl (C=O) groups excluding carboxylic acids is 2. The monoisotopic (exact) mass is 423 g/mol. The molecule has 0 atom stereocenters. The summed E-state index contributed by atoms with van der Waals surface area (Å²) in [5.41, 5.74) is 1.58. The predicted molar refractivity (Wildman–Crippen MR) is 94.8 cm³/mol. The number of hydrogen-bond donors (Lipinski definition) is 2. The number of carboxylic acids is 1. The number of rotatable bonds is 6. The zero-order valence-corrected chi connectivity index (χ0v) is 14.2. The summed E-state index contributed by atoms with van der Waals surface area (Å²) in [5, 5.41) is 11.3. The fourth-order valence-electron chi connectivity index (χ4n) is 1.95. The summed E-state index contributed by atoms with van der Waals surface area (Å²) in [4.78, 5) is 34.5. The van der Waals surface area contributed by atoms with E-state index in [0.29, 0.717) is 16.8 Å². The van der Waals surface area contributed by atoms with Gasteiger partial charge in [-0.3, -0.25) is 14.4 Å². The highest BCUT2D eigenvalue weighted by Gasteiger charge is 2.11. The highest BCUT2D eigenvalue weighted by molar-refractivity contribution is 14.1. The van der Waals surface area contributed by atoms with Crippen LogP contribution in [0.25, 0.3) is 0 Å². The summed E-state index contributed by atoms with van der Waals surface area (Å²) in [5.74, 6) is -1.46. The van der Waals surface area contributed by atoms with E-state index in [0.717, 1.165) is 3.57 Å². The molecule has 23 heavy (non-hydrogen) atoms. The Kier molecular flexibility index (Phi) is 5.86. The van der Waals surface area contributed by atoms with Crippen molar-refractivity contribution in [1.82, 2.24) is 0 Å². The van der Waals surface area contributed by atoms with Gasteiger partial charge in [0.25, 0.3) is 5.91 Å². The molecule has 5 nitrogen and oxygen atoms in total. The normalized spacial score (nSPS) is 10.1. The summed E-state index contributed by atoms with van der Waals surface area (Å²) in [6.07, 6.45) is -0.229. The number of benzene rings is 2. The van der Waals surface area contributed by atoms with Crippen molar-refractivity contribution in [2.24, 2.45) is 0 Å². The molecular formula is C17H14INO4. The van der Waals surface area contributed by atoms with E-state index in [1.165, 1.54) is 0 Å². The van der Waals surface area contributed by atoms with Crippen LogP contribution in [0, 0.1) is 3.57 Å². The molecule has 0 saturated heterocycles. The van der Waals surface area contributed by atoms with E-state index in [-0.39, 0.29) is 24.5 Å². The maximum atomic E-state index is 12.2. The summed E-state index contributed by atoms with van der Waals surface area (Å²) in [7, 11) is 0. The first-order chi connectivity index (χ1) is 11.0. The lowest BCUT2D eigenvalue weighted by Crippen LogP contribution is -2.13. The Balaban J connectivity index is 2.03. The molecule has 0 unspecified atom stereocenters. The molecule has 118 valence electrons. The van der Waals surface area contributed by atoms with Crippen molar-refractivity contribution in [3.05, 3.63) is 63.2 Å². The minimum absolute atomic E-state index is 0.0384. The molecule has 2 N–H and O–H groups in total. The summed E-state index contributed by atoms with van der Waals surface area (Å²) in [6.45, 7) is 0. The number of ketones is 1. The number of hydrogen-bond acceptors (Lipinski definition) is 3. The van der Waals surface area contributed by atoms with Crippen LogP contribution >= 0.6 is 22.6 Å². The molecule has 0 aliphatic carbocycles. The van der Waals surface area contributed by atoms with Gasteiger partial charge in [0.15, 0.2) is 5.78 Å². The van der Waals surface area contributed by atoms with Gasteiger partial charge in [-0.15, -0.1) is 0 Å². The Bertz CT molecular complexity index is 741. The second-order valence-electron chi connectivity index (χ2n) is 4.83. The fourth-order valence-corrected chi connectivity index (χ4v) is 2.58. The highest BCUT2D eigenvalue weighted by atomic mass is 127. The third kappa shape index (κ3) is 4.88. The van der Waals surface area contributed by atoms with E-state index < -0.39 is 5.97 Å². The molecule has 2 aromatic carbocycles. The number of amides is 1. The first kappa shape index (κ1) is 17.1. The third-order valence-corrected chi connectivity index (χ3v) is 4.09. The highest BCUT2D eigenvalue weighted by Crippen LogP contribution is 2.16. The molecule has 0 aliphatic heterocycles. The second kappa shape index (κ2) is 7.87. The molecule has 0 bridgehead atoms. The molecule has 0 heterocycles. The van der Waals surface area contributed by atoms with Crippen LogP contribution in [-0.4, -0.2) is 22.8 Å². The molecule has 1 amide bonds. The van der Waals surface area contributed by atoms with Crippen molar-refractivity contribution in [3.8, 4) is 0 Å². The molecule has 0 saturated carbocycles. The van der Waals surface area contributed by atoms with Crippen LogP contribution in [0.15, 0.2) is 48.5 Å². The fraction of sp³-hybridized carbons (Fsp3) is 0.118. The number of nitrogens with one attached hydrogen (secondary N) is 1. The van der Waals surface area contributed by atoms with E-state index in [2.05, 4.69) is 27.9 Å². The standard InChI is InChI=1S/C17H14INO4/c18-14-4-2-1-3-13(14)17(23)19-12-7-5-11(6-8-12)15(20)9-10-16(21)22/h1-8H,9-10H2,(H,19,23)(H,21,22). The van der Waals surface area contributed by atoms with Crippen LogP contribution in [0.5, 0.6) is 0 Å². The van der Waals surface area contributed by atoms with Crippen molar-refractivity contribution in [2.75, 3.05) is 5.32 Å². The number of anilines is 1. The number of halogens is 1. The SMILES string of the molecule is O=C(O)CCC(=O)c1ccc(NC(=O)c2ccccc2I)cc1. The summed E-state index contributed by atoms with van der Waals surface area (Å²) in [6, 6.07) is 13.6. The summed E-state index contributed by atoms with van der Waals surface area (Å²) < 4.78 is 0.850. The molecule has 6 heteroatoms. The first-order valence-corrected chi connectivity index (χ1v) is 7.96. The Morgan fingerprint density at radius 2 is 1.61 bits per heavy atom. The van der Waals surface area contributed by atoms with Gasteiger partial charge in [0, 0.05) is 21.2 Å². The maximum Gasteiger partial charge on any atom is 0.303 e. The predicted octanol–water partition coefficient (Wildman–Crippen LogP) is 3.59. The first-order valence-electron chi connectivity index (χ1n) is 6.88. The lowest BCUT2D eigenvalue weighted by molar-refractivity contribution is -0.136. The largest absolute Gasteiger partial charge is 0.481 e. The Labute approximate surface area is 146 Å². The number of carbonyl (C=O) groups is 3. The summed E-state index contributed by atoms with van der Waals surface area (Å²) >= 11 is 2.09. The Morgan fingerprint density at radius 1 is 0.957 bits per heavy atom.